The number of pyridine rings is 1. The number of hydrogen-bond donors (Lipinski definition) is 3. The van der Waals surface area contributed by atoms with Crippen LogP contribution in [0, 0.1) is 23.1 Å². The lowest BCUT2D eigenvalue weighted by atomic mass is 10.0. The van der Waals surface area contributed by atoms with E-state index in [2.05, 4.69) is 20.8 Å². The molecule has 4 rings (SSSR count). The van der Waals surface area contributed by atoms with Crippen molar-refractivity contribution in [3.8, 4) is 11.5 Å². The standard InChI is InChI=1S/C23H20FN5O4.C2H6/c1-13-2-4-14(5-3-13)27-21(30)23(9-10-23)22(31)28-15-6-7-17(16(24)12-15)33-18-8-11-26-20(25)19(18)29-32;1-2/h2-8,11-12H,9-10H2,1H3,(H2,25,26)(H,27,30)(H,28,31);1-2H3. The smallest absolute Gasteiger partial charge is 0.240 e. The summed E-state index contributed by atoms with van der Waals surface area (Å²) in [4.78, 5) is 40.2. The molecule has 0 atom stereocenters. The van der Waals surface area contributed by atoms with E-state index in [1.807, 2.05) is 32.9 Å². The van der Waals surface area contributed by atoms with Crippen LogP contribution in [-0.2, 0) is 9.59 Å². The first kappa shape index (κ1) is 25.3. The van der Waals surface area contributed by atoms with E-state index in [9.17, 15) is 18.9 Å². The minimum absolute atomic E-state index is 0.0575. The van der Waals surface area contributed by atoms with Crippen molar-refractivity contribution < 1.29 is 18.7 Å². The first-order valence-electron chi connectivity index (χ1n) is 11.1. The third-order valence-electron chi connectivity index (χ3n) is 5.35. The van der Waals surface area contributed by atoms with Crippen molar-refractivity contribution in [1.29, 1.82) is 0 Å². The van der Waals surface area contributed by atoms with E-state index in [4.69, 9.17) is 10.5 Å². The van der Waals surface area contributed by atoms with Gasteiger partial charge in [-0.3, -0.25) is 9.59 Å². The summed E-state index contributed by atoms with van der Waals surface area (Å²) in [5.74, 6) is -2.14. The van der Waals surface area contributed by atoms with Crippen molar-refractivity contribution in [2.75, 3.05) is 16.4 Å². The molecule has 2 amide bonds. The SMILES string of the molecule is CC.Cc1ccc(NC(=O)C2(C(=O)Nc3ccc(Oc4ccnc(N)c4N=O)c(F)c3)CC2)cc1. The number of carbonyl (C=O) groups is 2. The summed E-state index contributed by atoms with van der Waals surface area (Å²) in [5.41, 5.74) is 5.92. The maximum absolute atomic E-state index is 14.6. The Balaban J connectivity index is 0.00000167. The van der Waals surface area contributed by atoms with Gasteiger partial charge in [0.1, 0.15) is 5.41 Å². The number of hydrogen-bond acceptors (Lipinski definition) is 7. The maximum Gasteiger partial charge on any atom is 0.240 e. The van der Waals surface area contributed by atoms with Gasteiger partial charge in [-0.05, 0) is 49.2 Å². The summed E-state index contributed by atoms with van der Waals surface area (Å²) in [7, 11) is 0. The van der Waals surface area contributed by atoms with Crippen LogP contribution in [0.3, 0.4) is 0 Å². The fourth-order valence-electron chi connectivity index (χ4n) is 3.23. The van der Waals surface area contributed by atoms with Gasteiger partial charge in [0.2, 0.25) is 11.8 Å². The lowest BCUT2D eigenvalue weighted by Gasteiger charge is -2.16. The van der Waals surface area contributed by atoms with Gasteiger partial charge in [0.05, 0.1) is 0 Å². The van der Waals surface area contributed by atoms with E-state index in [0.717, 1.165) is 11.6 Å². The highest BCUT2D eigenvalue weighted by Crippen LogP contribution is 2.47. The van der Waals surface area contributed by atoms with Crippen molar-refractivity contribution in [2.45, 2.75) is 33.6 Å². The number of rotatable bonds is 7. The first-order chi connectivity index (χ1) is 16.8. The van der Waals surface area contributed by atoms with Crippen LogP contribution in [-0.4, -0.2) is 16.8 Å². The Bertz CT molecular complexity index is 1240. The second-order valence-corrected chi connectivity index (χ2v) is 7.74. The predicted octanol–water partition coefficient (Wildman–Crippen LogP) is 5.69. The Labute approximate surface area is 201 Å². The van der Waals surface area contributed by atoms with E-state index in [-0.39, 0.29) is 28.7 Å². The van der Waals surface area contributed by atoms with E-state index < -0.39 is 23.0 Å². The number of nitrogens with two attached hydrogens (primary N) is 1. The molecule has 4 N–H and O–H groups in total. The fraction of sp³-hybridized carbons (Fsp3) is 0.240. The summed E-state index contributed by atoms with van der Waals surface area (Å²) >= 11 is 0. The van der Waals surface area contributed by atoms with Gasteiger partial charge in [0, 0.05) is 29.7 Å². The summed E-state index contributed by atoms with van der Waals surface area (Å²) in [6.07, 6.45) is 2.08. The number of nitrogens with one attached hydrogen (secondary N) is 2. The van der Waals surface area contributed by atoms with Crippen LogP contribution in [0.15, 0.2) is 59.9 Å². The predicted molar refractivity (Wildman–Crippen MR) is 132 cm³/mol. The first-order valence-corrected chi connectivity index (χ1v) is 11.1. The molecule has 9 nitrogen and oxygen atoms in total. The number of nitrogen functional groups attached to an aromatic ring is 1. The zero-order valence-corrected chi connectivity index (χ0v) is 19.6. The van der Waals surface area contributed by atoms with Gasteiger partial charge < -0.3 is 21.1 Å². The number of aryl methyl sites for hydroxylation is 1. The number of nitrogens with zero attached hydrogens (tertiary/aromatic N) is 2. The molecule has 1 aromatic heterocycles. The molecule has 3 aromatic rings. The molecular formula is C25H26FN5O4. The van der Waals surface area contributed by atoms with E-state index in [1.165, 1.54) is 24.4 Å². The number of carbonyl (C=O) groups excluding carboxylic acids is 2. The lowest BCUT2D eigenvalue weighted by molar-refractivity contribution is -0.131. The molecule has 1 saturated carbocycles. The second-order valence-electron chi connectivity index (χ2n) is 7.74. The van der Waals surface area contributed by atoms with Gasteiger partial charge in [0.15, 0.2) is 28.8 Å². The molecule has 0 aliphatic heterocycles. The Morgan fingerprint density at radius 1 is 1.00 bits per heavy atom. The van der Waals surface area contributed by atoms with Crippen molar-refractivity contribution in [3.05, 3.63) is 71.0 Å². The number of nitroso groups, excluding NO2 is 1. The number of aromatic nitrogens is 1. The zero-order valence-electron chi connectivity index (χ0n) is 19.6. The van der Waals surface area contributed by atoms with E-state index in [0.29, 0.717) is 18.5 Å². The summed E-state index contributed by atoms with van der Waals surface area (Å²) < 4.78 is 20.0. The number of amides is 2. The molecule has 0 saturated heterocycles. The molecule has 1 aliphatic carbocycles. The van der Waals surface area contributed by atoms with Crippen LogP contribution in [0.1, 0.15) is 32.3 Å². The number of benzene rings is 2. The van der Waals surface area contributed by atoms with Crippen molar-refractivity contribution in [2.24, 2.45) is 10.6 Å². The van der Waals surface area contributed by atoms with E-state index >= 15 is 0 Å². The van der Waals surface area contributed by atoms with Crippen LogP contribution in [0.2, 0.25) is 0 Å². The number of anilines is 3. The van der Waals surface area contributed by atoms with Gasteiger partial charge in [-0.1, -0.05) is 31.5 Å². The monoisotopic (exact) mass is 479 g/mol. The molecule has 35 heavy (non-hydrogen) atoms. The Hall–Kier alpha value is -4.34. The van der Waals surface area contributed by atoms with Crippen LogP contribution in [0.4, 0.5) is 27.3 Å². The lowest BCUT2D eigenvalue weighted by Crippen LogP contribution is -2.35. The third kappa shape index (κ3) is 5.60. The van der Waals surface area contributed by atoms with Gasteiger partial charge in [-0.15, -0.1) is 4.91 Å². The van der Waals surface area contributed by atoms with Crippen LogP contribution in [0.25, 0.3) is 0 Å². The minimum Gasteiger partial charge on any atom is -0.452 e. The zero-order chi connectivity index (χ0) is 25.6. The largest absolute Gasteiger partial charge is 0.452 e. The van der Waals surface area contributed by atoms with E-state index in [1.54, 1.807) is 12.1 Å². The Kier molecular flexibility index (Phi) is 7.75. The summed E-state index contributed by atoms with van der Waals surface area (Å²) in [5, 5.41) is 8.11. The van der Waals surface area contributed by atoms with Crippen molar-refractivity contribution in [3.63, 3.8) is 0 Å². The highest BCUT2D eigenvalue weighted by Gasteiger charge is 2.56. The van der Waals surface area contributed by atoms with Gasteiger partial charge in [-0.2, -0.15) is 0 Å². The van der Waals surface area contributed by atoms with Gasteiger partial charge in [-0.25, -0.2) is 9.37 Å². The molecule has 10 heteroatoms. The van der Waals surface area contributed by atoms with Crippen molar-refractivity contribution in [1.82, 2.24) is 4.98 Å². The third-order valence-corrected chi connectivity index (χ3v) is 5.35. The van der Waals surface area contributed by atoms with Gasteiger partial charge in [0.25, 0.3) is 0 Å². The quantitative estimate of drug-likeness (QED) is 0.294. The molecule has 0 spiro atoms. The maximum atomic E-state index is 14.6. The molecule has 0 unspecified atom stereocenters. The number of halogens is 1. The van der Waals surface area contributed by atoms with Crippen molar-refractivity contribution >= 4 is 34.7 Å². The second kappa shape index (κ2) is 10.7. The average Bonchev–Trinajstić information content (AvgIpc) is 3.66. The minimum atomic E-state index is -1.20. The van der Waals surface area contributed by atoms with Crippen LogP contribution < -0.4 is 21.1 Å². The highest BCUT2D eigenvalue weighted by molar-refractivity contribution is 6.16. The highest BCUT2D eigenvalue weighted by atomic mass is 19.1. The summed E-state index contributed by atoms with van der Waals surface area (Å²) in [6.45, 7) is 5.93. The molecule has 1 heterocycles. The molecular weight excluding hydrogens is 453 g/mol. The number of ether oxygens (including phenoxy) is 1. The topological polar surface area (TPSA) is 136 Å². The van der Waals surface area contributed by atoms with Crippen LogP contribution in [0.5, 0.6) is 11.5 Å². The average molecular weight is 480 g/mol. The molecule has 2 aromatic carbocycles. The van der Waals surface area contributed by atoms with Crippen LogP contribution >= 0.6 is 0 Å². The molecule has 0 bridgehead atoms. The summed E-state index contributed by atoms with van der Waals surface area (Å²) in [6, 6.07) is 12.3. The Morgan fingerprint density at radius 3 is 2.17 bits per heavy atom. The molecule has 1 aliphatic rings. The molecule has 0 radical (unpaired) electrons. The molecule has 182 valence electrons. The normalized spacial score (nSPS) is 13.0. The molecule has 1 fully saturated rings. The van der Waals surface area contributed by atoms with Gasteiger partial charge >= 0.3 is 0 Å². The Morgan fingerprint density at radius 2 is 1.60 bits per heavy atom. The fourth-order valence-corrected chi connectivity index (χ4v) is 3.23.